The number of nitrogens with one attached hydrogen (secondary N) is 1. The molecule has 0 aromatic rings. The summed E-state index contributed by atoms with van der Waals surface area (Å²) in [5.74, 6) is 1.98. The molecule has 1 aliphatic rings. The lowest BCUT2D eigenvalue weighted by Crippen LogP contribution is -2.28. The highest BCUT2D eigenvalue weighted by atomic mass is 32.2. The molecule has 0 heterocycles. The van der Waals surface area contributed by atoms with E-state index in [0.29, 0.717) is 0 Å². The van der Waals surface area contributed by atoms with E-state index in [9.17, 15) is 0 Å². The van der Waals surface area contributed by atoms with Crippen LogP contribution in [0.15, 0.2) is 0 Å². The predicted octanol–water partition coefficient (Wildman–Crippen LogP) is 1.90. The Balaban J connectivity index is 1.91. The molecule has 54 valence electrons. The summed E-state index contributed by atoms with van der Waals surface area (Å²) in [6.07, 6.45) is 4.96. The molecule has 1 aliphatic carbocycles. The Morgan fingerprint density at radius 3 is 2.67 bits per heavy atom. The van der Waals surface area contributed by atoms with Crippen molar-refractivity contribution < 1.29 is 0 Å². The average Bonchev–Trinajstić information content (AvgIpc) is 1.78. The third-order valence-corrected chi connectivity index (χ3v) is 2.44. The molecular formula is C7H15NS. The normalized spacial score (nSPS) is 34.0. The fourth-order valence-corrected chi connectivity index (χ4v) is 1.84. The Morgan fingerprint density at radius 1 is 1.56 bits per heavy atom. The minimum atomic E-state index is 0.979. The zero-order valence-corrected chi connectivity index (χ0v) is 7.00. The first kappa shape index (κ1) is 7.42. The van der Waals surface area contributed by atoms with Gasteiger partial charge in [-0.3, -0.25) is 4.72 Å². The number of hydrogen-bond donors (Lipinski definition) is 1. The van der Waals surface area contributed by atoms with E-state index < -0.39 is 0 Å². The Bertz CT molecular complexity index is 79.0. The van der Waals surface area contributed by atoms with Gasteiger partial charge in [-0.25, -0.2) is 0 Å². The molecule has 1 fully saturated rings. The fourth-order valence-electron chi connectivity index (χ4n) is 1.44. The van der Waals surface area contributed by atoms with Gasteiger partial charge >= 0.3 is 0 Å². The Kier molecular flexibility index (Phi) is 2.86. The molecular weight excluding hydrogens is 130 g/mol. The first-order valence-electron chi connectivity index (χ1n) is 3.58. The second-order valence-corrected chi connectivity index (χ2v) is 3.69. The van der Waals surface area contributed by atoms with Gasteiger partial charge in [-0.05, 0) is 30.9 Å². The molecule has 2 heteroatoms. The van der Waals surface area contributed by atoms with Crippen molar-refractivity contribution in [3.8, 4) is 0 Å². The van der Waals surface area contributed by atoms with Gasteiger partial charge in [-0.15, -0.1) is 0 Å². The molecule has 0 aliphatic heterocycles. The third-order valence-electron chi connectivity index (χ3n) is 1.99. The summed E-state index contributed by atoms with van der Waals surface area (Å²) in [5, 5.41) is 0. The van der Waals surface area contributed by atoms with Crippen LogP contribution in [0.5, 0.6) is 0 Å². The first-order chi connectivity index (χ1) is 4.33. The monoisotopic (exact) mass is 145 g/mol. The zero-order valence-electron chi connectivity index (χ0n) is 6.18. The van der Waals surface area contributed by atoms with E-state index in [0.717, 1.165) is 11.8 Å². The van der Waals surface area contributed by atoms with Crippen LogP contribution in [-0.4, -0.2) is 12.8 Å². The Hall–Kier alpha value is 0.310. The van der Waals surface area contributed by atoms with Crippen molar-refractivity contribution in [1.82, 2.24) is 4.72 Å². The van der Waals surface area contributed by atoms with Crippen molar-refractivity contribution in [2.24, 2.45) is 11.8 Å². The van der Waals surface area contributed by atoms with Gasteiger partial charge in [0.1, 0.15) is 0 Å². The van der Waals surface area contributed by atoms with Crippen molar-refractivity contribution in [1.29, 1.82) is 0 Å². The average molecular weight is 145 g/mol. The van der Waals surface area contributed by atoms with E-state index in [4.69, 9.17) is 0 Å². The molecule has 9 heavy (non-hydrogen) atoms. The van der Waals surface area contributed by atoms with E-state index in [1.165, 1.54) is 19.4 Å². The summed E-state index contributed by atoms with van der Waals surface area (Å²) in [6.45, 7) is 3.54. The highest BCUT2D eigenvalue weighted by Crippen LogP contribution is 2.32. The second-order valence-electron chi connectivity index (χ2n) is 3.00. The van der Waals surface area contributed by atoms with Crippen LogP contribution in [0.3, 0.4) is 0 Å². The molecule has 0 aromatic carbocycles. The van der Waals surface area contributed by atoms with Crippen LogP contribution < -0.4 is 4.72 Å². The fraction of sp³-hybridized carbons (Fsp3) is 1.00. The standard InChI is InChI=1S/C7H15NS/c1-6-3-7(4-6)5-8-9-2/h6-8H,3-5H2,1-2H3/t6-,7+. The van der Waals surface area contributed by atoms with Crippen LogP contribution >= 0.6 is 11.9 Å². The highest BCUT2D eigenvalue weighted by Gasteiger charge is 2.24. The van der Waals surface area contributed by atoms with E-state index >= 15 is 0 Å². The third kappa shape index (κ3) is 2.18. The van der Waals surface area contributed by atoms with E-state index in [2.05, 4.69) is 17.9 Å². The van der Waals surface area contributed by atoms with Crippen molar-refractivity contribution in [2.45, 2.75) is 19.8 Å². The molecule has 0 amide bonds. The predicted molar refractivity (Wildman–Crippen MR) is 43.4 cm³/mol. The maximum Gasteiger partial charge on any atom is 0.00869 e. The van der Waals surface area contributed by atoms with Crippen molar-refractivity contribution in [3.63, 3.8) is 0 Å². The lowest BCUT2D eigenvalue weighted by Gasteiger charge is -2.32. The van der Waals surface area contributed by atoms with Crippen molar-refractivity contribution in [2.75, 3.05) is 12.8 Å². The second kappa shape index (κ2) is 3.47. The maximum atomic E-state index is 3.29. The van der Waals surface area contributed by atoms with Gasteiger partial charge in [0.15, 0.2) is 0 Å². The molecule has 1 rings (SSSR count). The van der Waals surface area contributed by atoms with Gasteiger partial charge in [0.05, 0.1) is 0 Å². The van der Waals surface area contributed by atoms with Gasteiger partial charge < -0.3 is 0 Å². The van der Waals surface area contributed by atoms with Crippen molar-refractivity contribution in [3.05, 3.63) is 0 Å². The molecule has 0 aromatic heterocycles. The van der Waals surface area contributed by atoms with Crippen LogP contribution in [0.25, 0.3) is 0 Å². The molecule has 1 saturated carbocycles. The van der Waals surface area contributed by atoms with Gasteiger partial charge in [-0.2, -0.15) is 0 Å². The van der Waals surface area contributed by atoms with Crippen LogP contribution in [0.4, 0.5) is 0 Å². The molecule has 0 saturated heterocycles. The molecule has 0 bridgehead atoms. The van der Waals surface area contributed by atoms with Crippen LogP contribution in [0, 0.1) is 11.8 Å². The Morgan fingerprint density at radius 2 is 2.22 bits per heavy atom. The topological polar surface area (TPSA) is 12.0 Å². The maximum absolute atomic E-state index is 3.29. The highest BCUT2D eigenvalue weighted by molar-refractivity contribution is 7.96. The smallest absolute Gasteiger partial charge is 0.00869 e. The summed E-state index contributed by atoms with van der Waals surface area (Å²) >= 11 is 1.73. The van der Waals surface area contributed by atoms with E-state index in [1.807, 2.05) is 0 Å². The van der Waals surface area contributed by atoms with Crippen molar-refractivity contribution >= 4 is 11.9 Å². The summed E-state index contributed by atoms with van der Waals surface area (Å²) < 4.78 is 3.29. The zero-order chi connectivity index (χ0) is 6.69. The minimum absolute atomic E-state index is 0.979. The summed E-state index contributed by atoms with van der Waals surface area (Å²) in [6, 6.07) is 0. The van der Waals surface area contributed by atoms with Crippen LogP contribution in [0.1, 0.15) is 19.8 Å². The van der Waals surface area contributed by atoms with E-state index in [-0.39, 0.29) is 0 Å². The molecule has 0 spiro atoms. The lowest BCUT2D eigenvalue weighted by molar-refractivity contribution is 0.216. The molecule has 0 radical (unpaired) electrons. The number of hydrogen-bond acceptors (Lipinski definition) is 2. The lowest BCUT2D eigenvalue weighted by atomic mass is 9.76. The minimum Gasteiger partial charge on any atom is -0.264 e. The van der Waals surface area contributed by atoms with Crippen LogP contribution in [-0.2, 0) is 0 Å². The van der Waals surface area contributed by atoms with Gasteiger partial charge in [-0.1, -0.05) is 18.9 Å². The molecule has 0 atom stereocenters. The SMILES string of the molecule is CSNC[C@H]1C[C@@H](C)C1. The Labute approximate surface area is 61.7 Å². The molecule has 0 unspecified atom stereocenters. The number of rotatable bonds is 3. The van der Waals surface area contributed by atoms with Gasteiger partial charge in [0, 0.05) is 6.54 Å². The van der Waals surface area contributed by atoms with Gasteiger partial charge in [0.2, 0.25) is 0 Å². The molecule has 1 nitrogen and oxygen atoms in total. The summed E-state index contributed by atoms with van der Waals surface area (Å²) in [5.41, 5.74) is 0. The first-order valence-corrected chi connectivity index (χ1v) is 4.81. The van der Waals surface area contributed by atoms with E-state index in [1.54, 1.807) is 11.9 Å². The quantitative estimate of drug-likeness (QED) is 0.609. The largest absolute Gasteiger partial charge is 0.264 e. The summed E-state index contributed by atoms with van der Waals surface area (Å²) in [4.78, 5) is 0. The summed E-state index contributed by atoms with van der Waals surface area (Å²) in [7, 11) is 0. The van der Waals surface area contributed by atoms with Gasteiger partial charge in [0.25, 0.3) is 0 Å². The molecule has 1 N–H and O–H groups in total. The van der Waals surface area contributed by atoms with Crippen LogP contribution in [0.2, 0.25) is 0 Å².